The molecule has 0 aliphatic rings. The van der Waals surface area contributed by atoms with Crippen molar-refractivity contribution in [1.82, 2.24) is 14.8 Å². The first-order chi connectivity index (χ1) is 6.34. The van der Waals surface area contributed by atoms with E-state index < -0.39 is 0 Å². The summed E-state index contributed by atoms with van der Waals surface area (Å²) in [6.45, 7) is 0.782. The summed E-state index contributed by atoms with van der Waals surface area (Å²) in [6.07, 6.45) is 3.38. The molecule has 66 valence electrons. The van der Waals surface area contributed by atoms with Crippen LogP contribution in [0.2, 0.25) is 5.02 Å². The Labute approximate surface area is 81.0 Å². The van der Waals surface area contributed by atoms with Gasteiger partial charge in [-0.1, -0.05) is 23.7 Å². The summed E-state index contributed by atoms with van der Waals surface area (Å²) in [6, 6.07) is 7.73. The van der Waals surface area contributed by atoms with Crippen molar-refractivity contribution in [1.29, 1.82) is 0 Å². The van der Waals surface area contributed by atoms with E-state index in [1.54, 1.807) is 12.7 Å². The third-order valence-electron chi connectivity index (χ3n) is 1.74. The molecule has 0 bridgehead atoms. The Bertz CT molecular complexity index is 366. The minimum atomic E-state index is 0.757. The molecule has 1 aromatic carbocycles. The zero-order valence-corrected chi connectivity index (χ0v) is 7.65. The van der Waals surface area contributed by atoms with Gasteiger partial charge in [-0.2, -0.15) is 0 Å². The van der Waals surface area contributed by atoms with Crippen LogP contribution in [0.4, 0.5) is 0 Å². The van der Waals surface area contributed by atoms with Crippen LogP contribution in [0, 0.1) is 0 Å². The molecule has 0 radical (unpaired) electrons. The highest BCUT2D eigenvalue weighted by molar-refractivity contribution is 6.30. The molecule has 0 saturated heterocycles. The van der Waals surface area contributed by atoms with Gasteiger partial charge < -0.3 is 4.57 Å². The van der Waals surface area contributed by atoms with Gasteiger partial charge in [0.2, 0.25) is 0 Å². The Morgan fingerprint density at radius 2 is 1.69 bits per heavy atom. The Balaban J connectivity index is 2.15. The molecule has 13 heavy (non-hydrogen) atoms. The Hall–Kier alpha value is -1.35. The topological polar surface area (TPSA) is 30.7 Å². The van der Waals surface area contributed by atoms with Crippen LogP contribution >= 0.6 is 11.6 Å². The monoisotopic (exact) mass is 193 g/mol. The normalized spacial score (nSPS) is 10.2. The predicted octanol–water partition coefficient (Wildman–Crippen LogP) is 1.98. The molecule has 1 heterocycles. The van der Waals surface area contributed by atoms with Gasteiger partial charge in [0.1, 0.15) is 12.7 Å². The largest absolute Gasteiger partial charge is 0.316 e. The van der Waals surface area contributed by atoms with Gasteiger partial charge in [-0.3, -0.25) is 0 Å². The van der Waals surface area contributed by atoms with Gasteiger partial charge in [-0.15, -0.1) is 10.2 Å². The van der Waals surface area contributed by atoms with Gasteiger partial charge >= 0.3 is 0 Å². The number of halogens is 1. The average Bonchev–Trinajstić information content (AvgIpc) is 2.62. The second kappa shape index (κ2) is 3.58. The van der Waals surface area contributed by atoms with Gasteiger partial charge in [0.25, 0.3) is 0 Å². The molecule has 0 aliphatic carbocycles. The Kier molecular flexibility index (Phi) is 2.27. The highest BCUT2D eigenvalue weighted by Crippen LogP contribution is 2.10. The maximum atomic E-state index is 5.76. The summed E-state index contributed by atoms with van der Waals surface area (Å²) in [5.41, 5.74) is 1.18. The lowest BCUT2D eigenvalue weighted by Crippen LogP contribution is -1.95. The van der Waals surface area contributed by atoms with Crippen molar-refractivity contribution in [2.24, 2.45) is 0 Å². The molecule has 1 aromatic heterocycles. The first kappa shape index (κ1) is 8.26. The molecule has 0 N–H and O–H groups in total. The highest BCUT2D eigenvalue weighted by atomic mass is 35.5. The predicted molar refractivity (Wildman–Crippen MR) is 50.6 cm³/mol. The van der Waals surface area contributed by atoms with Gasteiger partial charge in [-0.05, 0) is 17.7 Å². The lowest BCUT2D eigenvalue weighted by atomic mass is 10.2. The van der Waals surface area contributed by atoms with Crippen molar-refractivity contribution in [3.05, 3.63) is 47.5 Å². The number of rotatable bonds is 2. The van der Waals surface area contributed by atoms with Crippen LogP contribution in [-0.4, -0.2) is 14.8 Å². The van der Waals surface area contributed by atoms with Crippen molar-refractivity contribution in [2.75, 3.05) is 0 Å². The third kappa shape index (κ3) is 2.06. The lowest BCUT2D eigenvalue weighted by Gasteiger charge is -2.00. The number of nitrogens with zero attached hydrogens (tertiary/aromatic N) is 3. The fourth-order valence-corrected chi connectivity index (χ4v) is 1.23. The van der Waals surface area contributed by atoms with Gasteiger partial charge in [-0.25, -0.2) is 0 Å². The van der Waals surface area contributed by atoms with E-state index in [9.17, 15) is 0 Å². The van der Waals surface area contributed by atoms with E-state index in [1.165, 1.54) is 5.56 Å². The fourth-order valence-electron chi connectivity index (χ4n) is 1.10. The fraction of sp³-hybridized carbons (Fsp3) is 0.111. The molecule has 0 unspecified atom stereocenters. The van der Waals surface area contributed by atoms with Crippen LogP contribution in [0.15, 0.2) is 36.9 Å². The van der Waals surface area contributed by atoms with Crippen LogP contribution in [0.1, 0.15) is 5.56 Å². The smallest absolute Gasteiger partial charge is 0.119 e. The molecule has 0 amide bonds. The molecule has 0 saturated carbocycles. The number of benzene rings is 1. The van der Waals surface area contributed by atoms with Crippen LogP contribution in [-0.2, 0) is 6.54 Å². The molecular formula is C9H8ClN3. The molecule has 0 fully saturated rings. The summed E-state index contributed by atoms with van der Waals surface area (Å²) in [4.78, 5) is 0. The number of aromatic nitrogens is 3. The third-order valence-corrected chi connectivity index (χ3v) is 2.00. The van der Waals surface area contributed by atoms with E-state index in [0.29, 0.717) is 0 Å². The van der Waals surface area contributed by atoms with E-state index in [1.807, 2.05) is 28.8 Å². The van der Waals surface area contributed by atoms with E-state index in [-0.39, 0.29) is 0 Å². The Morgan fingerprint density at radius 1 is 1.08 bits per heavy atom. The Morgan fingerprint density at radius 3 is 2.31 bits per heavy atom. The van der Waals surface area contributed by atoms with Crippen LogP contribution in [0.5, 0.6) is 0 Å². The molecule has 0 aliphatic heterocycles. The summed E-state index contributed by atoms with van der Waals surface area (Å²) < 4.78 is 1.91. The van der Waals surface area contributed by atoms with Gasteiger partial charge in [0.15, 0.2) is 0 Å². The quantitative estimate of drug-likeness (QED) is 0.730. The van der Waals surface area contributed by atoms with Crippen LogP contribution in [0.25, 0.3) is 0 Å². The molecule has 0 spiro atoms. The minimum absolute atomic E-state index is 0.757. The second-order valence-electron chi connectivity index (χ2n) is 2.76. The van der Waals surface area contributed by atoms with Crippen molar-refractivity contribution in [2.45, 2.75) is 6.54 Å². The first-order valence-corrected chi connectivity index (χ1v) is 4.29. The molecule has 4 heteroatoms. The number of hydrogen-bond acceptors (Lipinski definition) is 2. The molecule has 3 nitrogen and oxygen atoms in total. The average molecular weight is 194 g/mol. The van der Waals surface area contributed by atoms with Crippen LogP contribution in [0.3, 0.4) is 0 Å². The summed E-state index contributed by atoms with van der Waals surface area (Å²) in [5, 5.41) is 8.20. The maximum Gasteiger partial charge on any atom is 0.119 e. The molecular weight excluding hydrogens is 186 g/mol. The highest BCUT2D eigenvalue weighted by Gasteiger charge is 1.94. The standard InChI is InChI=1S/C9H8ClN3/c10-9-3-1-8(2-4-9)5-13-6-11-12-7-13/h1-4,6-7H,5H2. The zero-order valence-electron chi connectivity index (χ0n) is 6.89. The zero-order chi connectivity index (χ0) is 9.10. The SMILES string of the molecule is Clc1ccc(Cn2cnnc2)cc1. The summed E-state index contributed by atoms with van der Waals surface area (Å²) in [7, 11) is 0. The minimum Gasteiger partial charge on any atom is -0.316 e. The van der Waals surface area contributed by atoms with E-state index in [2.05, 4.69) is 10.2 Å². The first-order valence-electron chi connectivity index (χ1n) is 3.91. The summed E-state index contributed by atoms with van der Waals surface area (Å²) in [5.74, 6) is 0. The molecule has 0 atom stereocenters. The number of hydrogen-bond donors (Lipinski definition) is 0. The van der Waals surface area contributed by atoms with E-state index in [4.69, 9.17) is 11.6 Å². The van der Waals surface area contributed by atoms with Crippen molar-refractivity contribution < 1.29 is 0 Å². The van der Waals surface area contributed by atoms with E-state index >= 15 is 0 Å². The van der Waals surface area contributed by atoms with E-state index in [0.717, 1.165) is 11.6 Å². The van der Waals surface area contributed by atoms with Crippen LogP contribution < -0.4 is 0 Å². The van der Waals surface area contributed by atoms with Crippen molar-refractivity contribution in [3.8, 4) is 0 Å². The van der Waals surface area contributed by atoms with Gasteiger partial charge in [0.05, 0.1) is 0 Å². The van der Waals surface area contributed by atoms with Gasteiger partial charge in [0, 0.05) is 11.6 Å². The van der Waals surface area contributed by atoms with Crippen molar-refractivity contribution >= 4 is 11.6 Å². The maximum absolute atomic E-state index is 5.76. The lowest BCUT2D eigenvalue weighted by molar-refractivity contribution is 0.794. The summed E-state index contributed by atoms with van der Waals surface area (Å²) >= 11 is 5.76. The molecule has 2 rings (SSSR count). The second-order valence-corrected chi connectivity index (χ2v) is 3.20. The molecule has 2 aromatic rings. The van der Waals surface area contributed by atoms with Crippen molar-refractivity contribution in [3.63, 3.8) is 0 Å².